The van der Waals surface area contributed by atoms with Crippen LogP contribution in [0.3, 0.4) is 0 Å². The Bertz CT molecular complexity index is 487. The molecule has 0 aromatic heterocycles. The van der Waals surface area contributed by atoms with Crippen molar-refractivity contribution >= 4 is 5.91 Å². The molecule has 0 aliphatic carbocycles. The Morgan fingerprint density at radius 1 is 1.36 bits per heavy atom. The molecule has 1 aliphatic rings. The Morgan fingerprint density at radius 3 is 2.59 bits per heavy atom. The maximum atomic E-state index is 13.1. The predicted molar refractivity (Wildman–Crippen MR) is 86.9 cm³/mol. The van der Waals surface area contributed by atoms with E-state index in [9.17, 15) is 9.18 Å². The first kappa shape index (κ1) is 16.9. The van der Waals surface area contributed by atoms with Crippen molar-refractivity contribution in [1.82, 2.24) is 10.6 Å². The van der Waals surface area contributed by atoms with Crippen molar-refractivity contribution in [3.8, 4) is 0 Å². The summed E-state index contributed by atoms with van der Waals surface area (Å²) >= 11 is 0. The summed E-state index contributed by atoms with van der Waals surface area (Å²) in [6.07, 6.45) is 2.65. The summed E-state index contributed by atoms with van der Waals surface area (Å²) in [5.41, 5.74) is 0.826. The first-order valence-corrected chi connectivity index (χ1v) is 8.12. The van der Waals surface area contributed by atoms with Crippen molar-refractivity contribution in [1.29, 1.82) is 0 Å². The Balaban J connectivity index is 1.97. The molecular formula is C18H27FN2O. The van der Waals surface area contributed by atoms with Crippen molar-refractivity contribution in [3.05, 3.63) is 35.6 Å². The Kier molecular flexibility index (Phi) is 5.57. The van der Waals surface area contributed by atoms with Crippen LogP contribution in [0, 0.1) is 17.2 Å². The summed E-state index contributed by atoms with van der Waals surface area (Å²) in [6.45, 7) is 8.34. The highest BCUT2D eigenvalue weighted by Crippen LogP contribution is 2.33. The minimum Gasteiger partial charge on any atom is -0.349 e. The lowest BCUT2D eigenvalue weighted by atomic mass is 9.82. The van der Waals surface area contributed by atoms with Crippen molar-refractivity contribution < 1.29 is 9.18 Å². The van der Waals surface area contributed by atoms with Crippen LogP contribution in [0.2, 0.25) is 0 Å². The van der Waals surface area contributed by atoms with Gasteiger partial charge in [-0.25, -0.2) is 4.39 Å². The molecule has 1 saturated heterocycles. The number of carbonyl (C=O) groups excluding carboxylic acids is 1. The molecule has 1 aromatic carbocycles. The van der Waals surface area contributed by atoms with Gasteiger partial charge in [-0.2, -0.15) is 0 Å². The maximum Gasteiger partial charge on any atom is 0.220 e. The van der Waals surface area contributed by atoms with Gasteiger partial charge in [0.1, 0.15) is 5.82 Å². The van der Waals surface area contributed by atoms with Crippen LogP contribution in [0.5, 0.6) is 0 Å². The highest BCUT2D eigenvalue weighted by molar-refractivity contribution is 5.76. The lowest BCUT2D eigenvalue weighted by molar-refractivity contribution is -0.122. The number of carbonyl (C=O) groups is 1. The van der Waals surface area contributed by atoms with E-state index in [1.807, 2.05) is 0 Å². The van der Waals surface area contributed by atoms with Gasteiger partial charge >= 0.3 is 0 Å². The summed E-state index contributed by atoms with van der Waals surface area (Å²) in [5.74, 6) is 0.442. The zero-order valence-corrected chi connectivity index (χ0v) is 13.8. The average molecular weight is 306 g/mol. The molecule has 0 spiro atoms. The average Bonchev–Trinajstić information content (AvgIpc) is 2.96. The van der Waals surface area contributed by atoms with Crippen LogP contribution in [0.15, 0.2) is 24.3 Å². The van der Waals surface area contributed by atoms with Crippen LogP contribution in [0.25, 0.3) is 0 Å². The van der Waals surface area contributed by atoms with Crippen LogP contribution in [0.1, 0.15) is 51.6 Å². The van der Waals surface area contributed by atoms with E-state index in [2.05, 4.69) is 31.4 Å². The molecule has 1 amide bonds. The van der Waals surface area contributed by atoms with E-state index in [4.69, 9.17) is 0 Å². The summed E-state index contributed by atoms with van der Waals surface area (Å²) in [7, 11) is 0. The van der Waals surface area contributed by atoms with E-state index in [1.54, 1.807) is 12.1 Å². The molecule has 4 heteroatoms. The molecule has 0 radical (unpaired) electrons. The third-order valence-corrected chi connectivity index (χ3v) is 4.32. The highest BCUT2D eigenvalue weighted by Gasteiger charge is 2.28. The molecule has 0 saturated carbocycles. The number of hydrogen-bond donors (Lipinski definition) is 2. The third-order valence-electron chi connectivity index (χ3n) is 4.32. The topological polar surface area (TPSA) is 41.1 Å². The molecule has 1 heterocycles. The zero-order valence-electron chi connectivity index (χ0n) is 13.8. The molecule has 22 heavy (non-hydrogen) atoms. The summed E-state index contributed by atoms with van der Waals surface area (Å²) in [4.78, 5) is 12.3. The molecule has 0 bridgehead atoms. The molecule has 1 fully saturated rings. The maximum absolute atomic E-state index is 13.1. The lowest BCUT2D eigenvalue weighted by Gasteiger charge is -2.32. The Morgan fingerprint density at radius 2 is 2.05 bits per heavy atom. The number of rotatable bonds is 5. The molecular weight excluding hydrogens is 279 g/mol. The van der Waals surface area contributed by atoms with E-state index < -0.39 is 0 Å². The summed E-state index contributed by atoms with van der Waals surface area (Å²) in [6, 6.07) is 6.30. The fourth-order valence-corrected chi connectivity index (χ4v) is 2.98. The molecule has 1 aliphatic heterocycles. The number of nitrogens with one attached hydrogen (secondary N) is 2. The molecule has 2 N–H and O–H groups in total. The van der Waals surface area contributed by atoms with Gasteiger partial charge in [0, 0.05) is 6.42 Å². The smallest absolute Gasteiger partial charge is 0.220 e. The number of halogens is 1. The van der Waals surface area contributed by atoms with Crippen LogP contribution in [0.4, 0.5) is 4.39 Å². The van der Waals surface area contributed by atoms with Gasteiger partial charge in [0.25, 0.3) is 0 Å². The Labute approximate surface area is 132 Å². The normalized spacial score (nSPS) is 19.9. The van der Waals surface area contributed by atoms with Crippen LogP contribution in [-0.4, -0.2) is 19.0 Å². The SMILES string of the molecule is CC(C)(C)C(NC(=O)CCC1CCNC1)c1ccc(F)cc1. The van der Waals surface area contributed by atoms with Gasteiger partial charge in [-0.05, 0) is 55.0 Å². The minimum atomic E-state index is -0.253. The van der Waals surface area contributed by atoms with Gasteiger partial charge in [-0.1, -0.05) is 32.9 Å². The second-order valence-corrected chi connectivity index (χ2v) is 7.32. The van der Waals surface area contributed by atoms with Gasteiger partial charge in [0.15, 0.2) is 0 Å². The zero-order chi connectivity index (χ0) is 16.2. The van der Waals surface area contributed by atoms with E-state index >= 15 is 0 Å². The third kappa shape index (κ3) is 4.80. The summed E-state index contributed by atoms with van der Waals surface area (Å²) in [5, 5.41) is 6.46. The molecule has 3 nitrogen and oxygen atoms in total. The quantitative estimate of drug-likeness (QED) is 0.875. The van der Waals surface area contributed by atoms with Gasteiger partial charge < -0.3 is 10.6 Å². The fourth-order valence-electron chi connectivity index (χ4n) is 2.98. The largest absolute Gasteiger partial charge is 0.349 e. The van der Waals surface area contributed by atoms with E-state index in [0.29, 0.717) is 12.3 Å². The van der Waals surface area contributed by atoms with Crippen molar-refractivity contribution in [2.45, 2.75) is 46.1 Å². The second-order valence-electron chi connectivity index (χ2n) is 7.32. The minimum absolute atomic E-state index is 0.0798. The molecule has 2 rings (SSSR count). The van der Waals surface area contributed by atoms with E-state index in [0.717, 1.165) is 31.5 Å². The fraction of sp³-hybridized carbons (Fsp3) is 0.611. The summed E-state index contributed by atoms with van der Waals surface area (Å²) < 4.78 is 13.1. The van der Waals surface area contributed by atoms with Gasteiger partial charge in [-0.3, -0.25) is 4.79 Å². The molecule has 2 unspecified atom stereocenters. The van der Waals surface area contributed by atoms with Crippen molar-refractivity contribution in [3.63, 3.8) is 0 Å². The standard InChI is InChI=1S/C18H27FN2O/c1-18(2,3)17(14-5-7-15(19)8-6-14)21-16(22)9-4-13-10-11-20-12-13/h5-8,13,17,20H,4,9-12H2,1-3H3,(H,21,22). The van der Waals surface area contributed by atoms with Crippen LogP contribution in [-0.2, 0) is 4.79 Å². The predicted octanol–water partition coefficient (Wildman–Crippen LogP) is 3.42. The van der Waals surface area contributed by atoms with Gasteiger partial charge in [-0.15, -0.1) is 0 Å². The van der Waals surface area contributed by atoms with E-state index in [1.165, 1.54) is 12.1 Å². The van der Waals surface area contributed by atoms with Gasteiger partial charge in [0.2, 0.25) is 5.91 Å². The number of hydrogen-bond acceptors (Lipinski definition) is 2. The van der Waals surface area contributed by atoms with Crippen molar-refractivity contribution in [2.75, 3.05) is 13.1 Å². The monoisotopic (exact) mass is 306 g/mol. The lowest BCUT2D eigenvalue weighted by Crippen LogP contribution is -2.36. The number of amides is 1. The highest BCUT2D eigenvalue weighted by atomic mass is 19.1. The molecule has 1 aromatic rings. The Hall–Kier alpha value is -1.42. The molecule has 122 valence electrons. The van der Waals surface area contributed by atoms with Crippen molar-refractivity contribution in [2.24, 2.45) is 11.3 Å². The second kappa shape index (κ2) is 7.23. The molecule has 2 atom stereocenters. The van der Waals surface area contributed by atoms with E-state index in [-0.39, 0.29) is 23.2 Å². The van der Waals surface area contributed by atoms with Crippen LogP contribution >= 0.6 is 0 Å². The van der Waals surface area contributed by atoms with Crippen LogP contribution < -0.4 is 10.6 Å². The first-order chi connectivity index (χ1) is 10.4. The van der Waals surface area contributed by atoms with Gasteiger partial charge in [0.05, 0.1) is 6.04 Å². The first-order valence-electron chi connectivity index (χ1n) is 8.12. The number of benzene rings is 1.